The molecule has 3 heteroatoms. The fourth-order valence-electron chi connectivity index (χ4n) is 2.80. The summed E-state index contributed by atoms with van der Waals surface area (Å²) in [6, 6.07) is 8.10. The molecule has 1 aromatic carbocycles. The van der Waals surface area contributed by atoms with Crippen LogP contribution in [0, 0.1) is 12.8 Å². The van der Waals surface area contributed by atoms with Crippen molar-refractivity contribution in [3.63, 3.8) is 0 Å². The van der Waals surface area contributed by atoms with E-state index in [4.69, 9.17) is 4.74 Å². The highest BCUT2D eigenvalue weighted by Crippen LogP contribution is 2.25. The van der Waals surface area contributed by atoms with Gasteiger partial charge >= 0.3 is 5.97 Å². The van der Waals surface area contributed by atoms with Crippen LogP contribution in [0.5, 0.6) is 0 Å². The summed E-state index contributed by atoms with van der Waals surface area (Å²) in [7, 11) is 0. The monoisotopic (exact) mass is 275 g/mol. The molecule has 1 saturated carbocycles. The zero-order chi connectivity index (χ0) is 14.4. The molecule has 0 spiro atoms. The molecule has 0 heterocycles. The Hall–Kier alpha value is -1.51. The van der Waals surface area contributed by atoms with Gasteiger partial charge in [0, 0.05) is 12.2 Å². The second kappa shape index (κ2) is 7.32. The van der Waals surface area contributed by atoms with E-state index in [0.29, 0.717) is 18.9 Å². The zero-order valence-electron chi connectivity index (χ0n) is 12.5. The smallest absolute Gasteiger partial charge is 0.307 e. The van der Waals surface area contributed by atoms with Crippen LogP contribution in [0.4, 0.5) is 5.69 Å². The molecule has 110 valence electrons. The van der Waals surface area contributed by atoms with Gasteiger partial charge in [0.25, 0.3) is 0 Å². The number of carbonyl (C=O) groups excluding carboxylic acids is 1. The number of benzene rings is 1. The number of esters is 1. The number of rotatable bonds is 5. The lowest BCUT2D eigenvalue weighted by Gasteiger charge is -2.26. The summed E-state index contributed by atoms with van der Waals surface area (Å²) < 4.78 is 5.55. The number of hydrogen-bond acceptors (Lipinski definition) is 3. The Morgan fingerprint density at radius 1 is 1.35 bits per heavy atom. The lowest BCUT2D eigenvalue weighted by atomic mass is 9.89. The minimum atomic E-state index is -0.0785. The van der Waals surface area contributed by atoms with E-state index in [2.05, 4.69) is 25.2 Å². The Kier molecular flexibility index (Phi) is 5.45. The number of carbonyl (C=O) groups is 1. The molecular formula is C17H25NO2. The molecule has 2 unspecified atom stereocenters. The van der Waals surface area contributed by atoms with Crippen molar-refractivity contribution >= 4 is 11.7 Å². The van der Waals surface area contributed by atoms with Gasteiger partial charge in [0.2, 0.25) is 0 Å². The van der Waals surface area contributed by atoms with Gasteiger partial charge in [-0.15, -0.1) is 0 Å². The maximum atomic E-state index is 11.8. The van der Waals surface area contributed by atoms with E-state index in [1.165, 1.54) is 18.4 Å². The fourth-order valence-corrected chi connectivity index (χ4v) is 2.80. The molecule has 2 rings (SSSR count). The average molecular weight is 275 g/mol. The van der Waals surface area contributed by atoms with Gasteiger partial charge in [0.15, 0.2) is 0 Å². The third kappa shape index (κ3) is 4.55. The molecule has 1 N–H and O–H groups in total. The van der Waals surface area contributed by atoms with Gasteiger partial charge in [0.05, 0.1) is 6.42 Å². The van der Waals surface area contributed by atoms with Gasteiger partial charge < -0.3 is 10.1 Å². The molecule has 0 saturated heterocycles. The lowest BCUT2D eigenvalue weighted by Crippen LogP contribution is -2.25. The Morgan fingerprint density at radius 2 is 2.15 bits per heavy atom. The normalized spacial score (nSPS) is 22.3. The lowest BCUT2D eigenvalue weighted by molar-refractivity contribution is -0.150. The first-order valence-electron chi connectivity index (χ1n) is 7.64. The Balaban J connectivity index is 1.69. The van der Waals surface area contributed by atoms with Gasteiger partial charge in [-0.2, -0.15) is 0 Å². The first-order valence-corrected chi connectivity index (χ1v) is 7.64. The minimum absolute atomic E-state index is 0.0785. The largest absolute Gasteiger partial charge is 0.462 e. The molecule has 0 radical (unpaired) electrons. The molecule has 20 heavy (non-hydrogen) atoms. The second-order valence-corrected chi connectivity index (χ2v) is 5.88. The second-order valence-electron chi connectivity index (χ2n) is 5.88. The van der Waals surface area contributed by atoms with Crippen molar-refractivity contribution in [3.05, 3.63) is 29.8 Å². The van der Waals surface area contributed by atoms with Crippen LogP contribution in [0.3, 0.4) is 0 Å². The standard InChI is InChI=1S/C17H25NO2/c1-13-6-5-8-15(12-13)20-17(19)10-11-18-16-9-4-3-7-14(16)2/h3-4,7,9,13,15,18H,5-6,8,10-12H2,1-2H3. The summed E-state index contributed by atoms with van der Waals surface area (Å²) in [5, 5.41) is 3.29. The Labute approximate surface area is 121 Å². The van der Waals surface area contributed by atoms with Gasteiger partial charge in [-0.05, 0) is 43.7 Å². The number of para-hydroxylation sites is 1. The van der Waals surface area contributed by atoms with Crippen LogP contribution in [0.25, 0.3) is 0 Å². The highest BCUT2D eigenvalue weighted by molar-refractivity contribution is 5.70. The number of ether oxygens (including phenoxy) is 1. The fraction of sp³-hybridized carbons (Fsp3) is 0.588. The topological polar surface area (TPSA) is 38.3 Å². The van der Waals surface area contributed by atoms with Crippen LogP contribution in [-0.2, 0) is 9.53 Å². The summed E-state index contributed by atoms with van der Waals surface area (Å²) in [5.41, 5.74) is 2.29. The van der Waals surface area contributed by atoms with Gasteiger partial charge in [-0.1, -0.05) is 31.5 Å². The van der Waals surface area contributed by atoms with Crippen molar-refractivity contribution in [3.8, 4) is 0 Å². The van der Waals surface area contributed by atoms with E-state index < -0.39 is 0 Å². The van der Waals surface area contributed by atoms with Gasteiger partial charge in [-0.25, -0.2) is 0 Å². The number of aryl methyl sites for hydroxylation is 1. The van der Waals surface area contributed by atoms with Crippen LogP contribution in [0.2, 0.25) is 0 Å². The number of nitrogens with one attached hydrogen (secondary N) is 1. The molecule has 1 aliphatic carbocycles. The molecular weight excluding hydrogens is 250 g/mol. The third-order valence-electron chi connectivity index (χ3n) is 3.98. The van der Waals surface area contributed by atoms with E-state index in [-0.39, 0.29) is 12.1 Å². The molecule has 1 aliphatic rings. The van der Waals surface area contributed by atoms with Crippen molar-refractivity contribution in [1.82, 2.24) is 0 Å². The molecule has 1 fully saturated rings. The van der Waals surface area contributed by atoms with Crippen molar-refractivity contribution in [1.29, 1.82) is 0 Å². The van der Waals surface area contributed by atoms with Crippen LogP contribution in [0.1, 0.15) is 44.6 Å². The van der Waals surface area contributed by atoms with E-state index in [1.54, 1.807) is 0 Å². The highest BCUT2D eigenvalue weighted by atomic mass is 16.5. The van der Waals surface area contributed by atoms with Crippen molar-refractivity contribution in [2.45, 2.75) is 52.1 Å². The number of hydrogen-bond donors (Lipinski definition) is 1. The summed E-state index contributed by atoms with van der Waals surface area (Å²) in [6.07, 6.45) is 5.07. The summed E-state index contributed by atoms with van der Waals surface area (Å²) >= 11 is 0. The highest BCUT2D eigenvalue weighted by Gasteiger charge is 2.21. The maximum absolute atomic E-state index is 11.8. The van der Waals surface area contributed by atoms with E-state index >= 15 is 0 Å². The first kappa shape index (κ1) is 14.9. The van der Waals surface area contributed by atoms with Gasteiger partial charge in [0.1, 0.15) is 6.10 Å². The van der Waals surface area contributed by atoms with Gasteiger partial charge in [-0.3, -0.25) is 4.79 Å². The van der Waals surface area contributed by atoms with Crippen molar-refractivity contribution < 1.29 is 9.53 Å². The SMILES string of the molecule is Cc1ccccc1NCCC(=O)OC1CCCC(C)C1. The number of anilines is 1. The zero-order valence-corrected chi connectivity index (χ0v) is 12.5. The molecule has 3 nitrogen and oxygen atoms in total. The van der Waals surface area contributed by atoms with Crippen LogP contribution in [-0.4, -0.2) is 18.6 Å². The predicted octanol–water partition coefficient (Wildman–Crippen LogP) is 3.92. The average Bonchev–Trinajstić information content (AvgIpc) is 2.41. The molecule has 0 bridgehead atoms. The minimum Gasteiger partial charge on any atom is -0.462 e. The van der Waals surface area contributed by atoms with E-state index in [0.717, 1.165) is 18.5 Å². The molecule has 0 amide bonds. The van der Waals surface area contributed by atoms with Crippen LogP contribution >= 0.6 is 0 Å². The summed E-state index contributed by atoms with van der Waals surface area (Å²) in [6.45, 7) is 4.93. The predicted molar refractivity (Wildman–Crippen MR) is 81.8 cm³/mol. The Morgan fingerprint density at radius 3 is 2.90 bits per heavy atom. The van der Waals surface area contributed by atoms with Crippen LogP contribution < -0.4 is 5.32 Å². The molecule has 1 aromatic rings. The third-order valence-corrected chi connectivity index (χ3v) is 3.98. The molecule has 0 aromatic heterocycles. The Bertz CT molecular complexity index is 444. The molecule has 2 atom stereocenters. The summed E-state index contributed by atoms with van der Waals surface area (Å²) in [5.74, 6) is 0.608. The van der Waals surface area contributed by atoms with E-state index in [1.807, 2.05) is 18.2 Å². The maximum Gasteiger partial charge on any atom is 0.307 e. The quantitative estimate of drug-likeness (QED) is 0.828. The summed E-state index contributed by atoms with van der Waals surface area (Å²) in [4.78, 5) is 11.8. The van der Waals surface area contributed by atoms with Crippen molar-refractivity contribution in [2.24, 2.45) is 5.92 Å². The van der Waals surface area contributed by atoms with Crippen molar-refractivity contribution in [2.75, 3.05) is 11.9 Å². The molecule has 0 aliphatic heterocycles. The van der Waals surface area contributed by atoms with E-state index in [9.17, 15) is 4.79 Å². The first-order chi connectivity index (χ1) is 9.65. The van der Waals surface area contributed by atoms with Crippen LogP contribution in [0.15, 0.2) is 24.3 Å².